The normalized spacial score (nSPS) is 18.8. The van der Waals surface area contributed by atoms with Gasteiger partial charge < -0.3 is 0 Å². The summed E-state index contributed by atoms with van der Waals surface area (Å²) in [4.78, 5) is 0. The summed E-state index contributed by atoms with van der Waals surface area (Å²) in [5, 5.41) is 0. The predicted octanol–water partition coefficient (Wildman–Crippen LogP) is 6.87. The largest absolute Gasteiger partial charge is 0.0622 e. The maximum Gasteiger partial charge on any atom is -0.0184 e. The van der Waals surface area contributed by atoms with Gasteiger partial charge in [-0.2, -0.15) is 0 Å². The van der Waals surface area contributed by atoms with Crippen LogP contribution in [0.1, 0.15) is 40.5 Å². The topological polar surface area (TPSA) is 12.0 Å². The Morgan fingerprint density at radius 1 is 0.793 bits per heavy atom. The van der Waals surface area contributed by atoms with Crippen molar-refractivity contribution in [2.24, 2.45) is 5.92 Å². The smallest absolute Gasteiger partial charge is 0.0184 e. The molecule has 153 valence electrons. The predicted molar refractivity (Wildman–Crippen MR) is 127 cm³/mol. The third-order valence-electron chi connectivity index (χ3n) is 6.33. The fraction of sp³-hybridized carbons (Fsp3) is 0.385. The zero-order chi connectivity index (χ0) is 21.0. The van der Waals surface area contributed by atoms with Gasteiger partial charge in [0.25, 0.3) is 0 Å². The van der Waals surface area contributed by atoms with E-state index in [2.05, 4.69) is 92.6 Å². The van der Waals surface area contributed by atoms with Crippen LogP contribution in [0.15, 0.2) is 80.7 Å². The fourth-order valence-electron chi connectivity index (χ4n) is 4.06. The van der Waals surface area contributed by atoms with E-state index < -0.39 is 27.1 Å². The van der Waals surface area contributed by atoms with Gasteiger partial charge in [0.2, 0.25) is 0 Å². The summed E-state index contributed by atoms with van der Waals surface area (Å²) in [7, 11) is 0. The van der Waals surface area contributed by atoms with Gasteiger partial charge in [-0.15, -0.1) is 0 Å². The van der Waals surface area contributed by atoms with Crippen molar-refractivity contribution < 1.29 is 21.2 Å². The van der Waals surface area contributed by atoms with E-state index in [1.165, 1.54) is 24.0 Å². The van der Waals surface area contributed by atoms with Crippen LogP contribution in [0.2, 0.25) is 13.1 Å². The summed E-state index contributed by atoms with van der Waals surface area (Å²) >= 11 is -1.46. The Hall–Kier alpha value is -1.02. The summed E-state index contributed by atoms with van der Waals surface area (Å²) in [6, 6.07) is 21.7. The van der Waals surface area contributed by atoms with Gasteiger partial charge in [-0.05, 0) is 11.1 Å². The van der Waals surface area contributed by atoms with Crippen molar-refractivity contribution in [3.05, 3.63) is 80.7 Å². The molecule has 2 aromatic rings. The van der Waals surface area contributed by atoms with E-state index in [4.69, 9.17) is 0 Å². The van der Waals surface area contributed by atoms with E-state index >= 15 is 0 Å². The second-order valence-electron chi connectivity index (χ2n) is 8.79. The number of hydrogen-bond donors (Lipinski definition) is 1. The van der Waals surface area contributed by atoms with Gasteiger partial charge in [0.05, 0.1) is 0 Å². The quantitative estimate of drug-likeness (QED) is 0.460. The summed E-state index contributed by atoms with van der Waals surface area (Å²) in [5.74, 6) is 0.270. The minimum absolute atomic E-state index is 0.485. The van der Waals surface area contributed by atoms with Gasteiger partial charge in [0, 0.05) is 0 Å². The number of rotatable bonds is 5. The first-order chi connectivity index (χ1) is 13.9. The molecule has 0 heterocycles. The number of nitrogens with one attached hydrogen (secondary N) is 1. The van der Waals surface area contributed by atoms with Crippen molar-refractivity contribution in [2.45, 2.75) is 59.7 Å². The van der Waals surface area contributed by atoms with Crippen LogP contribution in [0.4, 0.5) is 0 Å². The van der Waals surface area contributed by atoms with E-state index in [0.29, 0.717) is 0 Å². The average molecular weight is 482 g/mol. The second kappa shape index (κ2) is 10.3. The summed E-state index contributed by atoms with van der Waals surface area (Å²) in [5.41, 5.74) is 7.45. The van der Waals surface area contributed by atoms with Crippen molar-refractivity contribution in [3.63, 3.8) is 0 Å². The van der Waals surface area contributed by atoms with E-state index in [0.717, 1.165) is 12.0 Å². The Bertz CT molecular complexity index is 829. The van der Waals surface area contributed by atoms with Crippen LogP contribution in [0.5, 0.6) is 0 Å². The first kappa shape index (κ1) is 22.7. The van der Waals surface area contributed by atoms with E-state index in [-0.39, 0.29) is 0 Å². The molecule has 1 atom stereocenters. The minimum atomic E-state index is -1.46. The molecule has 2 aliphatic rings. The monoisotopic (exact) mass is 480 g/mol. The zero-order valence-electron chi connectivity index (χ0n) is 18.9. The van der Waals surface area contributed by atoms with Crippen molar-refractivity contribution in [2.75, 3.05) is 0 Å². The molecule has 3 heteroatoms. The third kappa shape index (κ3) is 5.78. The molecule has 0 bridgehead atoms. The molecule has 2 aromatic carbocycles. The van der Waals surface area contributed by atoms with Gasteiger partial charge in [-0.1, -0.05) is 60.7 Å². The molecule has 29 heavy (non-hydrogen) atoms. The Labute approximate surface area is 187 Å². The first-order valence-electron chi connectivity index (χ1n) is 11.0. The first-order valence-corrected chi connectivity index (χ1v) is 20.6. The Morgan fingerprint density at radius 3 is 1.62 bits per heavy atom. The molecule has 1 fully saturated rings. The molecular formula is C26H36NSiZr. The Balaban J connectivity index is 0.000000176. The molecule has 0 amide bonds. The Morgan fingerprint density at radius 2 is 1.28 bits per heavy atom. The van der Waals surface area contributed by atoms with Crippen LogP contribution in [-0.2, 0) is 21.2 Å². The molecule has 0 aliphatic heterocycles. The molecule has 1 nitrogen and oxygen atoms in total. The van der Waals surface area contributed by atoms with Crippen LogP contribution < -0.4 is 3.26 Å². The number of allylic oxidation sites excluding steroid dienone is 4. The van der Waals surface area contributed by atoms with E-state index in [1.54, 1.807) is 16.7 Å². The fourth-order valence-corrected chi connectivity index (χ4v) is 21.5. The summed E-state index contributed by atoms with van der Waals surface area (Å²) < 4.78 is 6.02. The minimum Gasteiger partial charge on any atom is -0.0622 e. The SMILES string of the molecule is CC1=C(C)C(C)[C]([Zr]([NH]C2CC2)[SiH](C)C)=C1C.c1ccc(-c2ccccc2)cc1. The van der Waals surface area contributed by atoms with Crippen molar-refractivity contribution in [1.29, 1.82) is 0 Å². The van der Waals surface area contributed by atoms with E-state index in [9.17, 15) is 0 Å². The van der Waals surface area contributed by atoms with Gasteiger partial charge in [0.1, 0.15) is 0 Å². The zero-order valence-corrected chi connectivity index (χ0v) is 22.5. The number of hydrogen-bond acceptors (Lipinski definition) is 1. The molecule has 0 spiro atoms. The van der Waals surface area contributed by atoms with Gasteiger partial charge in [0.15, 0.2) is 0 Å². The average Bonchev–Trinajstić information content (AvgIpc) is 3.54. The standard InChI is InChI=1S/C12H10.C9H13.C3H6N.C2H7Si.Zr/c1-3-7-11(8-4-1)12-9-5-2-6-10-12;1-6-5-7(2)9(4)8(6)3;4-3-1-2-3;1-3-2;/h1-10H;6H,1-4H3;3-4H,1-2H2;3H,1-2H3;/q;;-1;;+1. The summed E-state index contributed by atoms with van der Waals surface area (Å²) in [6.07, 6.45) is 2.88. The molecule has 0 saturated heterocycles. The van der Waals surface area contributed by atoms with Gasteiger partial charge in [-0.25, -0.2) is 0 Å². The molecule has 4 rings (SSSR count). The Kier molecular flexibility index (Phi) is 8.07. The van der Waals surface area contributed by atoms with Crippen LogP contribution in [-0.4, -0.2) is 12.0 Å². The van der Waals surface area contributed by atoms with Crippen LogP contribution in [0.25, 0.3) is 11.1 Å². The molecule has 0 aromatic heterocycles. The molecule has 1 saturated carbocycles. The molecule has 1 unspecified atom stereocenters. The molecule has 2 aliphatic carbocycles. The van der Waals surface area contributed by atoms with Crippen LogP contribution in [0, 0.1) is 5.92 Å². The maximum absolute atomic E-state index is 4.11. The van der Waals surface area contributed by atoms with Crippen molar-refractivity contribution in [1.82, 2.24) is 3.26 Å². The van der Waals surface area contributed by atoms with Crippen LogP contribution in [0.3, 0.4) is 0 Å². The van der Waals surface area contributed by atoms with Gasteiger partial charge in [-0.3, -0.25) is 0 Å². The van der Waals surface area contributed by atoms with Crippen molar-refractivity contribution in [3.8, 4) is 11.1 Å². The van der Waals surface area contributed by atoms with Gasteiger partial charge >= 0.3 is 116 Å². The molecular weight excluding hydrogens is 446 g/mol. The number of benzene rings is 2. The van der Waals surface area contributed by atoms with E-state index in [1.807, 2.05) is 15.4 Å². The third-order valence-corrected chi connectivity index (χ3v) is 24.0. The van der Waals surface area contributed by atoms with Crippen LogP contribution >= 0.6 is 0 Å². The maximum atomic E-state index is 4.11. The molecule has 1 N–H and O–H groups in total. The molecule has 0 radical (unpaired) electrons. The second-order valence-corrected chi connectivity index (χ2v) is 27.1. The summed E-state index contributed by atoms with van der Waals surface area (Å²) in [6.45, 7) is 14.6. The van der Waals surface area contributed by atoms with Crippen molar-refractivity contribution >= 4 is 5.92 Å².